The Kier molecular flexibility index (Phi) is 11.2. The lowest BCUT2D eigenvalue weighted by molar-refractivity contribution is -0.151. The molecule has 0 rings (SSSR count). The van der Waals surface area contributed by atoms with E-state index in [-0.39, 0.29) is 31.6 Å². The number of nitrogens with one attached hydrogen (secondary N) is 1. The molecule has 3 N–H and O–H groups in total. The van der Waals surface area contributed by atoms with Crippen LogP contribution in [0.3, 0.4) is 0 Å². The lowest BCUT2D eigenvalue weighted by Gasteiger charge is -2.18. The van der Waals surface area contributed by atoms with E-state index >= 15 is 0 Å². The lowest BCUT2D eigenvalue weighted by Crippen LogP contribution is -2.34. The number of aliphatic hydroxyl groups excluding tert-OH is 1. The van der Waals surface area contributed by atoms with Crippen LogP contribution >= 0.6 is 0 Å². The predicted octanol–water partition coefficient (Wildman–Crippen LogP) is 1.27. The molecule has 0 aliphatic carbocycles. The Morgan fingerprint density at radius 2 is 1.89 bits per heavy atom. The van der Waals surface area contributed by atoms with Crippen LogP contribution < -0.4 is 5.32 Å². The van der Waals surface area contributed by atoms with Crippen LogP contribution in [0.15, 0.2) is 0 Å². The molecule has 0 aliphatic rings. The SMILES string of the molecule is CCCNC(CCCO)OC(=O)CCCCC(=O)O. The van der Waals surface area contributed by atoms with Crippen LogP contribution in [0.5, 0.6) is 0 Å². The molecule has 0 aromatic heterocycles. The van der Waals surface area contributed by atoms with E-state index in [1.54, 1.807) is 0 Å². The predicted molar refractivity (Wildman–Crippen MR) is 70.6 cm³/mol. The van der Waals surface area contributed by atoms with Gasteiger partial charge in [0.05, 0.1) is 0 Å². The van der Waals surface area contributed by atoms with Crippen LogP contribution in [0.2, 0.25) is 0 Å². The van der Waals surface area contributed by atoms with Gasteiger partial charge in [-0.1, -0.05) is 6.92 Å². The van der Waals surface area contributed by atoms with Gasteiger partial charge in [0.2, 0.25) is 0 Å². The van der Waals surface area contributed by atoms with Crippen LogP contribution in [0.25, 0.3) is 0 Å². The average molecular weight is 275 g/mol. The summed E-state index contributed by atoms with van der Waals surface area (Å²) in [4.78, 5) is 21.9. The molecule has 0 fully saturated rings. The summed E-state index contributed by atoms with van der Waals surface area (Å²) >= 11 is 0. The normalized spacial score (nSPS) is 12.1. The third-order valence-corrected chi connectivity index (χ3v) is 2.54. The second kappa shape index (κ2) is 11.9. The summed E-state index contributed by atoms with van der Waals surface area (Å²) < 4.78 is 5.25. The topological polar surface area (TPSA) is 95.9 Å². The van der Waals surface area contributed by atoms with Crippen molar-refractivity contribution in [1.29, 1.82) is 0 Å². The minimum absolute atomic E-state index is 0.0699. The number of carbonyl (C=O) groups is 2. The molecular formula is C13H25NO5. The zero-order valence-electron chi connectivity index (χ0n) is 11.6. The fraction of sp³-hybridized carbons (Fsp3) is 0.846. The molecule has 112 valence electrons. The Bertz CT molecular complexity index is 249. The number of carboxylic acid groups (broad SMARTS) is 1. The van der Waals surface area contributed by atoms with Gasteiger partial charge in [-0.15, -0.1) is 0 Å². The Hall–Kier alpha value is -1.14. The third kappa shape index (κ3) is 11.7. The molecular weight excluding hydrogens is 250 g/mol. The number of ether oxygens (including phenoxy) is 1. The highest BCUT2D eigenvalue weighted by molar-refractivity contribution is 5.70. The fourth-order valence-corrected chi connectivity index (χ4v) is 1.55. The molecule has 0 saturated heterocycles. The highest BCUT2D eigenvalue weighted by atomic mass is 16.6. The van der Waals surface area contributed by atoms with Gasteiger partial charge in [0, 0.05) is 25.9 Å². The Morgan fingerprint density at radius 1 is 1.21 bits per heavy atom. The molecule has 0 radical (unpaired) electrons. The molecule has 0 amide bonds. The van der Waals surface area contributed by atoms with Gasteiger partial charge in [0.1, 0.15) is 0 Å². The molecule has 0 aromatic carbocycles. The summed E-state index contributed by atoms with van der Waals surface area (Å²) in [7, 11) is 0. The first kappa shape index (κ1) is 17.9. The van der Waals surface area contributed by atoms with Gasteiger partial charge < -0.3 is 14.9 Å². The molecule has 1 atom stereocenters. The number of hydrogen-bond acceptors (Lipinski definition) is 5. The number of aliphatic hydroxyl groups is 1. The number of rotatable bonds is 12. The molecule has 0 heterocycles. The van der Waals surface area contributed by atoms with Crippen molar-refractivity contribution in [2.45, 2.75) is 58.1 Å². The van der Waals surface area contributed by atoms with E-state index < -0.39 is 5.97 Å². The first-order chi connectivity index (χ1) is 9.10. The van der Waals surface area contributed by atoms with Gasteiger partial charge in [0.25, 0.3) is 0 Å². The number of esters is 1. The maximum atomic E-state index is 11.6. The van der Waals surface area contributed by atoms with Crippen LogP contribution in [-0.4, -0.2) is 41.5 Å². The van der Waals surface area contributed by atoms with Crippen molar-refractivity contribution in [3.8, 4) is 0 Å². The Labute approximate surface area is 114 Å². The zero-order chi connectivity index (χ0) is 14.5. The molecule has 6 nitrogen and oxygen atoms in total. The van der Waals surface area contributed by atoms with E-state index in [0.717, 1.165) is 13.0 Å². The quantitative estimate of drug-likeness (QED) is 0.282. The van der Waals surface area contributed by atoms with Gasteiger partial charge >= 0.3 is 11.9 Å². The molecule has 0 bridgehead atoms. The van der Waals surface area contributed by atoms with E-state index in [4.69, 9.17) is 14.9 Å². The summed E-state index contributed by atoms with van der Waals surface area (Å²) in [6, 6.07) is 0. The van der Waals surface area contributed by atoms with Crippen LogP contribution in [0.4, 0.5) is 0 Å². The zero-order valence-corrected chi connectivity index (χ0v) is 11.6. The van der Waals surface area contributed by atoms with Crippen LogP contribution in [0, 0.1) is 0 Å². The largest absolute Gasteiger partial charge is 0.481 e. The standard InChI is InChI=1S/C13H25NO5/c1-2-9-14-11(6-5-10-15)19-13(18)8-4-3-7-12(16)17/h11,14-15H,2-10H2,1H3,(H,16,17). The van der Waals surface area contributed by atoms with Gasteiger partial charge in [-0.3, -0.25) is 14.9 Å². The smallest absolute Gasteiger partial charge is 0.307 e. The molecule has 1 unspecified atom stereocenters. The maximum absolute atomic E-state index is 11.6. The van der Waals surface area contributed by atoms with Gasteiger partial charge in [-0.05, 0) is 32.2 Å². The Morgan fingerprint density at radius 3 is 2.47 bits per heavy atom. The van der Waals surface area contributed by atoms with Gasteiger partial charge in [-0.25, -0.2) is 0 Å². The average Bonchev–Trinajstić information content (AvgIpc) is 2.37. The molecule has 0 aromatic rings. The first-order valence-corrected chi connectivity index (χ1v) is 6.85. The minimum atomic E-state index is -0.848. The Balaban J connectivity index is 3.83. The van der Waals surface area contributed by atoms with Crippen molar-refractivity contribution >= 4 is 11.9 Å². The molecule has 6 heteroatoms. The highest BCUT2D eigenvalue weighted by Gasteiger charge is 2.13. The van der Waals surface area contributed by atoms with Crippen molar-refractivity contribution in [3.05, 3.63) is 0 Å². The fourth-order valence-electron chi connectivity index (χ4n) is 1.55. The summed E-state index contributed by atoms with van der Waals surface area (Å²) in [5.41, 5.74) is 0. The van der Waals surface area contributed by atoms with Crippen molar-refractivity contribution in [1.82, 2.24) is 5.32 Å². The first-order valence-electron chi connectivity index (χ1n) is 6.85. The van der Waals surface area contributed by atoms with Gasteiger partial charge in [0.15, 0.2) is 6.23 Å². The third-order valence-electron chi connectivity index (χ3n) is 2.54. The molecule has 0 saturated carbocycles. The van der Waals surface area contributed by atoms with Crippen molar-refractivity contribution < 1.29 is 24.5 Å². The van der Waals surface area contributed by atoms with Crippen LogP contribution in [-0.2, 0) is 14.3 Å². The second-order valence-electron chi connectivity index (χ2n) is 4.40. The summed E-state index contributed by atoms with van der Waals surface area (Å²) in [6.45, 7) is 2.84. The van der Waals surface area contributed by atoms with E-state index in [9.17, 15) is 9.59 Å². The summed E-state index contributed by atoms with van der Waals surface area (Å²) in [5.74, 6) is -1.17. The molecule has 0 aliphatic heterocycles. The van der Waals surface area contributed by atoms with Crippen molar-refractivity contribution in [3.63, 3.8) is 0 Å². The molecule has 0 spiro atoms. The van der Waals surface area contributed by atoms with Crippen molar-refractivity contribution in [2.24, 2.45) is 0 Å². The van der Waals surface area contributed by atoms with Gasteiger partial charge in [-0.2, -0.15) is 0 Å². The van der Waals surface area contributed by atoms with E-state index in [1.807, 2.05) is 6.92 Å². The number of carboxylic acids is 1. The van der Waals surface area contributed by atoms with E-state index in [1.165, 1.54) is 0 Å². The highest BCUT2D eigenvalue weighted by Crippen LogP contribution is 2.05. The summed E-state index contributed by atoms with van der Waals surface area (Å²) in [5, 5.41) is 20.3. The van der Waals surface area contributed by atoms with Crippen molar-refractivity contribution in [2.75, 3.05) is 13.2 Å². The number of carbonyl (C=O) groups excluding carboxylic acids is 1. The van der Waals surface area contributed by atoms with Crippen LogP contribution in [0.1, 0.15) is 51.9 Å². The second-order valence-corrected chi connectivity index (χ2v) is 4.40. The maximum Gasteiger partial charge on any atom is 0.307 e. The number of aliphatic carboxylic acids is 1. The minimum Gasteiger partial charge on any atom is -0.481 e. The van der Waals surface area contributed by atoms with E-state index in [0.29, 0.717) is 25.7 Å². The number of unbranched alkanes of at least 4 members (excludes halogenated alkanes) is 1. The molecule has 19 heavy (non-hydrogen) atoms. The summed E-state index contributed by atoms with van der Waals surface area (Å²) in [6.07, 6.45) is 3.04. The monoisotopic (exact) mass is 275 g/mol. The van der Waals surface area contributed by atoms with E-state index in [2.05, 4.69) is 5.32 Å². The number of hydrogen-bond donors (Lipinski definition) is 3. The lowest BCUT2D eigenvalue weighted by atomic mass is 10.2.